The maximum Gasteiger partial charge on any atom is 0.416 e. The number of carbonyl (C=O) groups is 1. The molecule has 0 atom stereocenters. The number of aryl methyl sites for hydroxylation is 1. The van der Waals surface area contributed by atoms with E-state index in [2.05, 4.69) is 29.0 Å². The van der Waals surface area contributed by atoms with Crippen LogP contribution in [0, 0.1) is 6.92 Å². The number of amides is 2. The van der Waals surface area contributed by atoms with Crippen molar-refractivity contribution in [3.8, 4) is 17.1 Å². The number of rotatable bonds is 6. The number of urea groups is 1. The summed E-state index contributed by atoms with van der Waals surface area (Å²) in [7, 11) is 0. The van der Waals surface area contributed by atoms with E-state index < -0.39 is 11.7 Å². The van der Waals surface area contributed by atoms with Gasteiger partial charge in [0.15, 0.2) is 5.82 Å². The Balaban J connectivity index is 1.52. The molecular weight excluding hydrogens is 495 g/mol. The van der Waals surface area contributed by atoms with Crippen molar-refractivity contribution in [3.63, 3.8) is 0 Å². The first-order valence-corrected chi connectivity index (χ1v) is 12.7. The predicted molar refractivity (Wildman–Crippen MR) is 142 cm³/mol. The third kappa shape index (κ3) is 6.00. The van der Waals surface area contributed by atoms with E-state index in [1.165, 1.54) is 12.1 Å². The molecule has 2 amide bonds. The van der Waals surface area contributed by atoms with Crippen molar-refractivity contribution < 1.29 is 22.7 Å². The minimum Gasteiger partial charge on any atom is -0.492 e. The number of ether oxygens (including phenoxy) is 1. The van der Waals surface area contributed by atoms with Crippen molar-refractivity contribution in [3.05, 3.63) is 65.4 Å². The van der Waals surface area contributed by atoms with Gasteiger partial charge in [-0.05, 0) is 44.0 Å². The molecule has 0 unspecified atom stereocenters. The number of piperazine rings is 1. The summed E-state index contributed by atoms with van der Waals surface area (Å²) in [6, 6.07) is 12.0. The van der Waals surface area contributed by atoms with Gasteiger partial charge in [0, 0.05) is 43.0 Å². The van der Waals surface area contributed by atoms with E-state index >= 15 is 0 Å². The highest BCUT2D eigenvalue weighted by Crippen LogP contribution is 2.34. The second-order valence-electron chi connectivity index (χ2n) is 9.43. The molecule has 1 aliphatic rings. The van der Waals surface area contributed by atoms with Crippen LogP contribution < -0.4 is 15.0 Å². The molecule has 1 N–H and O–H groups in total. The fraction of sp³-hybridized carbons (Fsp3) is 0.393. The zero-order chi connectivity index (χ0) is 27.4. The predicted octanol–water partition coefficient (Wildman–Crippen LogP) is 6.35. The standard InChI is InChI=1S/C28H32F3N5O2/c1-5-38-23-9-7-6-8-22(23)33-27(37)36-16-14-35(15-17-36)26-24(18(2)3)19(4)32-25(34-26)20-10-12-21(13-11-20)28(29,30)31/h6-13,18H,5,14-17H2,1-4H3,(H,33,37). The SMILES string of the molecule is CCOc1ccccc1NC(=O)N1CCN(c2nc(-c3ccc(C(F)(F)F)cc3)nc(C)c2C(C)C)CC1. The number of hydrogen-bond acceptors (Lipinski definition) is 5. The molecule has 1 saturated heterocycles. The number of nitrogens with one attached hydrogen (secondary N) is 1. The lowest BCUT2D eigenvalue weighted by molar-refractivity contribution is -0.137. The van der Waals surface area contributed by atoms with Crippen LogP contribution >= 0.6 is 0 Å². The Kier molecular flexibility index (Phi) is 8.08. The van der Waals surface area contributed by atoms with Crippen molar-refractivity contribution in [1.29, 1.82) is 0 Å². The molecule has 3 aromatic rings. The largest absolute Gasteiger partial charge is 0.492 e. The fourth-order valence-electron chi connectivity index (χ4n) is 4.59. The van der Waals surface area contributed by atoms with Crippen LogP contribution in [-0.4, -0.2) is 53.7 Å². The van der Waals surface area contributed by atoms with Crippen LogP contribution in [0.3, 0.4) is 0 Å². The summed E-state index contributed by atoms with van der Waals surface area (Å²) in [6.07, 6.45) is -4.40. The smallest absolute Gasteiger partial charge is 0.416 e. The van der Waals surface area contributed by atoms with Gasteiger partial charge < -0.3 is 19.9 Å². The summed E-state index contributed by atoms with van der Waals surface area (Å²) in [5, 5.41) is 2.94. The van der Waals surface area contributed by atoms with Gasteiger partial charge in [-0.15, -0.1) is 0 Å². The summed E-state index contributed by atoms with van der Waals surface area (Å²) >= 11 is 0. The minimum atomic E-state index is -4.40. The van der Waals surface area contributed by atoms with E-state index in [0.29, 0.717) is 55.6 Å². The first kappa shape index (κ1) is 27.2. The third-order valence-electron chi connectivity index (χ3n) is 6.46. The molecular formula is C28H32F3N5O2. The number of alkyl halides is 3. The summed E-state index contributed by atoms with van der Waals surface area (Å²) < 4.78 is 44.7. The maximum absolute atomic E-state index is 13.0. The monoisotopic (exact) mass is 527 g/mol. The Morgan fingerprint density at radius 1 is 1.03 bits per heavy atom. The summed E-state index contributed by atoms with van der Waals surface area (Å²) in [4.78, 5) is 26.3. The van der Waals surface area contributed by atoms with Gasteiger partial charge in [0.1, 0.15) is 11.6 Å². The Hall–Kier alpha value is -3.82. The lowest BCUT2D eigenvalue weighted by atomic mass is 10.0. The molecule has 1 aliphatic heterocycles. The average Bonchev–Trinajstić information content (AvgIpc) is 2.89. The number of carbonyl (C=O) groups excluding carboxylic acids is 1. The number of aromatic nitrogens is 2. The van der Waals surface area contributed by atoms with Crippen molar-refractivity contribution in [2.24, 2.45) is 0 Å². The van der Waals surface area contributed by atoms with Gasteiger partial charge in [-0.3, -0.25) is 0 Å². The van der Waals surface area contributed by atoms with Crippen molar-refractivity contribution in [1.82, 2.24) is 14.9 Å². The van der Waals surface area contributed by atoms with E-state index in [1.54, 1.807) is 11.0 Å². The molecule has 0 radical (unpaired) electrons. The normalized spacial score (nSPS) is 14.1. The van der Waals surface area contributed by atoms with Crippen LogP contribution in [0.15, 0.2) is 48.5 Å². The Morgan fingerprint density at radius 2 is 1.68 bits per heavy atom. The number of hydrogen-bond donors (Lipinski definition) is 1. The van der Waals surface area contributed by atoms with Gasteiger partial charge in [0.05, 0.1) is 17.9 Å². The van der Waals surface area contributed by atoms with Crippen LogP contribution in [0.5, 0.6) is 5.75 Å². The zero-order valence-electron chi connectivity index (χ0n) is 22.0. The molecule has 2 heterocycles. The highest BCUT2D eigenvalue weighted by atomic mass is 19.4. The molecule has 1 fully saturated rings. The molecule has 0 saturated carbocycles. The van der Waals surface area contributed by atoms with Gasteiger partial charge in [0.2, 0.25) is 0 Å². The van der Waals surface area contributed by atoms with Crippen LogP contribution in [0.4, 0.5) is 29.5 Å². The Bertz CT molecular complexity index is 1270. The van der Waals surface area contributed by atoms with Crippen molar-refractivity contribution in [2.75, 3.05) is 43.0 Å². The number of benzene rings is 2. The Morgan fingerprint density at radius 3 is 2.29 bits per heavy atom. The summed E-state index contributed by atoms with van der Waals surface area (Å²) in [5.74, 6) is 1.89. The molecule has 38 heavy (non-hydrogen) atoms. The van der Waals surface area contributed by atoms with Crippen molar-refractivity contribution in [2.45, 2.75) is 39.8 Å². The van der Waals surface area contributed by atoms with Gasteiger partial charge >= 0.3 is 12.2 Å². The number of halogens is 3. The van der Waals surface area contributed by atoms with Gasteiger partial charge in [-0.25, -0.2) is 14.8 Å². The van der Waals surface area contributed by atoms with E-state index in [4.69, 9.17) is 9.72 Å². The topological polar surface area (TPSA) is 70.6 Å². The average molecular weight is 528 g/mol. The fourth-order valence-corrected chi connectivity index (χ4v) is 4.59. The third-order valence-corrected chi connectivity index (χ3v) is 6.46. The number of para-hydroxylation sites is 2. The first-order valence-electron chi connectivity index (χ1n) is 12.7. The summed E-state index contributed by atoms with van der Waals surface area (Å²) in [6.45, 7) is 10.5. The number of nitrogens with zero attached hydrogens (tertiary/aromatic N) is 4. The minimum absolute atomic E-state index is 0.142. The van der Waals surface area contributed by atoms with Gasteiger partial charge in [-0.1, -0.05) is 38.1 Å². The van der Waals surface area contributed by atoms with Crippen molar-refractivity contribution >= 4 is 17.5 Å². The van der Waals surface area contributed by atoms with Gasteiger partial charge in [0.25, 0.3) is 0 Å². The van der Waals surface area contributed by atoms with E-state index in [1.807, 2.05) is 32.0 Å². The molecule has 0 aliphatic carbocycles. The lowest BCUT2D eigenvalue weighted by Crippen LogP contribution is -2.50. The molecule has 4 rings (SSSR count). The maximum atomic E-state index is 13.0. The van der Waals surface area contributed by atoms with E-state index in [9.17, 15) is 18.0 Å². The molecule has 1 aromatic heterocycles. The molecule has 0 spiro atoms. The quantitative estimate of drug-likeness (QED) is 0.405. The second kappa shape index (κ2) is 11.3. The lowest BCUT2D eigenvalue weighted by Gasteiger charge is -2.37. The van der Waals surface area contributed by atoms with Crippen LogP contribution in [0.25, 0.3) is 11.4 Å². The molecule has 2 aromatic carbocycles. The first-order chi connectivity index (χ1) is 18.1. The van der Waals surface area contributed by atoms with E-state index in [-0.39, 0.29) is 11.9 Å². The molecule has 10 heteroatoms. The zero-order valence-corrected chi connectivity index (χ0v) is 22.0. The van der Waals surface area contributed by atoms with Crippen LogP contribution in [0.2, 0.25) is 0 Å². The second-order valence-corrected chi connectivity index (χ2v) is 9.43. The van der Waals surface area contributed by atoms with E-state index in [0.717, 1.165) is 29.2 Å². The van der Waals surface area contributed by atoms with Crippen LogP contribution in [-0.2, 0) is 6.18 Å². The Labute approximate surface area is 220 Å². The van der Waals surface area contributed by atoms with Gasteiger partial charge in [-0.2, -0.15) is 13.2 Å². The molecule has 7 nitrogen and oxygen atoms in total. The molecule has 202 valence electrons. The highest BCUT2D eigenvalue weighted by molar-refractivity contribution is 5.91. The molecule has 0 bridgehead atoms. The highest BCUT2D eigenvalue weighted by Gasteiger charge is 2.30. The summed E-state index contributed by atoms with van der Waals surface area (Å²) in [5.41, 5.74) is 2.20. The number of anilines is 2. The van der Waals surface area contributed by atoms with Crippen LogP contribution in [0.1, 0.15) is 43.5 Å².